The largest absolute Gasteiger partial charge is 0.490 e. The molecular weight excluding hydrogens is 544 g/mol. The number of rotatable bonds is 11. The fourth-order valence-electron chi connectivity index (χ4n) is 3.28. The van der Waals surface area contributed by atoms with Crippen LogP contribution < -0.4 is 5.73 Å². The lowest BCUT2D eigenvalue weighted by molar-refractivity contribution is -0.136. The lowest BCUT2D eigenvalue weighted by atomic mass is 9.88. The molecule has 1 aromatic rings. The predicted octanol–water partition coefficient (Wildman–Crippen LogP) is -0.152. The van der Waals surface area contributed by atoms with Gasteiger partial charge in [-0.3, -0.25) is 9.52 Å². The van der Waals surface area contributed by atoms with Crippen molar-refractivity contribution in [3.63, 3.8) is 0 Å². The van der Waals surface area contributed by atoms with Crippen LogP contribution in [0, 0.1) is 0 Å². The Hall–Kier alpha value is -1.36. The number of phosphoric acid groups is 3. The van der Waals surface area contributed by atoms with Crippen molar-refractivity contribution in [2.45, 2.75) is 30.5 Å². The van der Waals surface area contributed by atoms with Crippen LogP contribution in [0.4, 0.5) is 10.2 Å². The van der Waals surface area contributed by atoms with Crippen molar-refractivity contribution in [1.82, 2.24) is 4.57 Å². The zero-order valence-corrected chi connectivity index (χ0v) is 20.8. The molecule has 1 saturated heterocycles. The van der Waals surface area contributed by atoms with Crippen molar-refractivity contribution in [2.24, 2.45) is 15.7 Å². The van der Waals surface area contributed by atoms with Crippen LogP contribution in [-0.2, 0) is 31.6 Å². The van der Waals surface area contributed by atoms with Gasteiger partial charge in [0.25, 0.3) is 0 Å². The van der Waals surface area contributed by atoms with Gasteiger partial charge in [0, 0.05) is 13.2 Å². The van der Waals surface area contributed by atoms with Gasteiger partial charge < -0.3 is 44.8 Å². The van der Waals surface area contributed by atoms with Crippen LogP contribution in [0.1, 0.15) is 18.7 Å². The minimum absolute atomic E-state index is 0.00752. The third kappa shape index (κ3) is 6.50. The fourth-order valence-corrected chi connectivity index (χ4v) is 6.35. The average Bonchev–Trinajstić information content (AvgIpc) is 3.21. The van der Waals surface area contributed by atoms with E-state index >= 15 is 0 Å². The highest BCUT2D eigenvalue weighted by molar-refractivity contribution is 7.66. The van der Waals surface area contributed by atoms with Crippen molar-refractivity contribution in [1.29, 1.82) is 0 Å². The summed E-state index contributed by atoms with van der Waals surface area (Å²) in [6.45, 7) is 1.45. The summed E-state index contributed by atoms with van der Waals surface area (Å²) in [7, 11) is -15.8. The molecule has 0 radical (unpaired) electrons. The van der Waals surface area contributed by atoms with Gasteiger partial charge in [0.1, 0.15) is 30.0 Å². The van der Waals surface area contributed by atoms with Crippen molar-refractivity contribution in [3.05, 3.63) is 17.8 Å². The molecular formula is C14H24FN4O13P3. The summed E-state index contributed by atoms with van der Waals surface area (Å²) in [5.41, 5.74) is 1.19. The first-order valence-corrected chi connectivity index (χ1v) is 13.7. The number of nitrogens with two attached hydrogens (primary N) is 1. The Morgan fingerprint density at radius 2 is 1.89 bits per heavy atom. The van der Waals surface area contributed by atoms with Gasteiger partial charge in [-0.1, -0.05) is 0 Å². The van der Waals surface area contributed by atoms with E-state index in [0.29, 0.717) is 0 Å². The first-order chi connectivity index (χ1) is 15.8. The van der Waals surface area contributed by atoms with Crippen molar-refractivity contribution in [2.75, 3.05) is 20.3 Å². The lowest BCUT2D eigenvalue weighted by Gasteiger charge is -2.31. The molecule has 0 aliphatic carbocycles. The summed E-state index contributed by atoms with van der Waals surface area (Å²) in [6, 6.07) is 1.42. The number of phosphoric ester groups is 1. The smallest absolute Gasteiger partial charge is 0.387 e. The minimum Gasteiger partial charge on any atom is -0.387 e. The standard InChI is InChI=1S/C14H24FN4O13P3/c1-13(21)11(20)14(6-15,7-29-34(25,26)32-35(27,28)31-33(22,23)24)30-12(13)19-5-4-8(9(16)17-2)10(19)18-3/h4-5,11-12,20-21H,3,6-7H2,1-2H3,(H2,16,17)(H,25,26)(H,27,28)(H2,22,23,24). The average molecular weight is 568 g/mol. The number of halogens is 1. The Morgan fingerprint density at radius 1 is 1.29 bits per heavy atom. The van der Waals surface area contributed by atoms with Crippen LogP contribution >= 0.6 is 23.5 Å². The number of hydrogen-bond acceptors (Lipinski definition) is 11. The fraction of sp³-hybridized carbons (Fsp3) is 0.571. The number of ether oxygens (including phenoxy) is 1. The van der Waals surface area contributed by atoms with Crippen molar-refractivity contribution >= 4 is 41.8 Å². The molecule has 1 fully saturated rings. The van der Waals surface area contributed by atoms with Crippen molar-refractivity contribution < 1.29 is 65.8 Å². The van der Waals surface area contributed by atoms with E-state index in [1.165, 1.54) is 19.3 Å². The van der Waals surface area contributed by atoms with Gasteiger partial charge in [-0.05, 0) is 19.7 Å². The highest BCUT2D eigenvalue weighted by atomic mass is 31.3. The normalized spacial score (nSPS) is 31.2. The van der Waals surface area contributed by atoms with E-state index < -0.39 is 60.3 Å². The number of aliphatic hydroxyl groups excluding tert-OH is 1. The van der Waals surface area contributed by atoms with Crippen LogP contribution in [0.3, 0.4) is 0 Å². The molecule has 1 aromatic heterocycles. The molecule has 8 N–H and O–H groups in total. The van der Waals surface area contributed by atoms with Crippen LogP contribution in [0.2, 0.25) is 0 Å². The molecule has 21 heteroatoms. The first kappa shape index (κ1) is 29.9. The Morgan fingerprint density at radius 3 is 2.37 bits per heavy atom. The second-order valence-electron chi connectivity index (χ2n) is 7.39. The number of aliphatic imine (C=N–C) groups is 2. The topological polar surface area (TPSA) is 265 Å². The number of alkyl halides is 1. The van der Waals surface area contributed by atoms with Crippen LogP contribution in [0.25, 0.3) is 0 Å². The summed E-state index contributed by atoms with van der Waals surface area (Å²) in [5, 5.41) is 21.6. The molecule has 0 saturated carbocycles. The predicted molar refractivity (Wildman–Crippen MR) is 116 cm³/mol. The van der Waals surface area contributed by atoms with Gasteiger partial charge in [0.2, 0.25) is 0 Å². The second kappa shape index (κ2) is 10.2. The molecule has 2 heterocycles. The SMILES string of the molecule is C=Nc1c(C(N)=NC)ccn1C1OC(CF)(COP(=O)(O)OP(=O)(O)OP(=O)(O)O)C(O)C1(C)O. The Balaban J connectivity index is 2.35. The van der Waals surface area contributed by atoms with Crippen molar-refractivity contribution in [3.8, 4) is 0 Å². The third-order valence-corrected chi connectivity index (χ3v) is 8.60. The lowest BCUT2D eigenvalue weighted by Crippen LogP contribution is -2.53. The van der Waals surface area contributed by atoms with E-state index in [2.05, 4.69) is 29.8 Å². The van der Waals surface area contributed by atoms with Crippen LogP contribution in [-0.4, -0.2) is 84.5 Å². The Labute approximate surface area is 197 Å². The molecule has 2 rings (SSSR count). The van der Waals surface area contributed by atoms with Gasteiger partial charge >= 0.3 is 23.5 Å². The molecule has 1 aliphatic heterocycles. The number of aliphatic hydroxyl groups is 2. The maximum Gasteiger partial charge on any atom is 0.490 e. The maximum atomic E-state index is 14.1. The van der Waals surface area contributed by atoms with E-state index in [-0.39, 0.29) is 17.2 Å². The van der Waals surface area contributed by atoms with Gasteiger partial charge in [-0.2, -0.15) is 8.62 Å². The van der Waals surface area contributed by atoms with Gasteiger partial charge in [-0.25, -0.2) is 23.1 Å². The molecule has 0 aromatic carbocycles. The highest BCUT2D eigenvalue weighted by Crippen LogP contribution is 2.66. The summed E-state index contributed by atoms with van der Waals surface area (Å²) >= 11 is 0. The molecule has 1 aliphatic rings. The van der Waals surface area contributed by atoms with E-state index in [4.69, 9.17) is 20.3 Å². The van der Waals surface area contributed by atoms with Crippen LogP contribution in [0.15, 0.2) is 22.2 Å². The Kier molecular flexibility index (Phi) is 8.69. The maximum absolute atomic E-state index is 14.1. The number of nitrogens with zero attached hydrogens (tertiary/aromatic N) is 3. The monoisotopic (exact) mass is 568 g/mol. The summed E-state index contributed by atoms with van der Waals surface area (Å²) in [4.78, 5) is 43.6. The van der Waals surface area contributed by atoms with E-state index in [1.807, 2.05) is 0 Å². The zero-order chi connectivity index (χ0) is 27.0. The van der Waals surface area contributed by atoms with Gasteiger partial charge in [0.15, 0.2) is 11.8 Å². The highest BCUT2D eigenvalue weighted by Gasteiger charge is 2.63. The summed E-state index contributed by atoms with van der Waals surface area (Å²) in [5.74, 6) is 0.0295. The number of hydrogen-bond donors (Lipinski definition) is 7. The van der Waals surface area contributed by atoms with E-state index in [0.717, 1.165) is 11.5 Å². The third-order valence-electron chi connectivity index (χ3n) is 4.82. The quantitative estimate of drug-likeness (QED) is 0.104. The molecule has 0 spiro atoms. The molecule has 17 nitrogen and oxygen atoms in total. The molecule has 6 unspecified atom stereocenters. The first-order valence-electron chi connectivity index (χ1n) is 9.17. The van der Waals surface area contributed by atoms with E-state index in [1.54, 1.807) is 0 Å². The molecule has 6 atom stereocenters. The zero-order valence-electron chi connectivity index (χ0n) is 18.1. The molecule has 0 amide bonds. The van der Waals surface area contributed by atoms with Gasteiger partial charge in [-0.15, -0.1) is 0 Å². The number of aromatic nitrogens is 1. The molecule has 35 heavy (non-hydrogen) atoms. The Bertz CT molecular complexity index is 1140. The molecule has 0 bridgehead atoms. The van der Waals surface area contributed by atoms with Crippen LogP contribution in [0.5, 0.6) is 0 Å². The van der Waals surface area contributed by atoms with E-state index in [9.17, 15) is 38.1 Å². The second-order valence-corrected chi connectivity index (χ2v) is 11.8. The summed E-state index contributed by atoms with van der Waals surface area (Å²) < 4.78 is 66.6. The number of amidine groups is 1. The van der Waals surface area contributed by atoms with Gasteiger partial charge in [0.05, 0.1) is 12.2 Å². The minimum atomic E-state index is -5.84. The molecule has 200 valence electrons. The summed E-state index contributed by atoms with van der Waals surface area (Å²) in [6.07, 6.45) is -2.44.